The monoisotopic (exact) mass is 382 g/mol. The van der Waals surface area contributed by atoms with Crippen molar-refractivity contribution in [3.8, 4) is 0 Å². The molecule has 1 atom stereocenters. The number of amides is 1. The summed E-state index contributed by atoms with van der Waals surface area (Å²) in [6.45, 7) is 1.98. The van der Waals surface area contributed by atoms with Crippen LogP contribution in [0.1, 0.15) is 18.9 Å². The predicted molar refractivity (Wildman–Crippen MR) is 109 cm³/mol. The molecule has 0 aliphatic rings. The lowest BCUT2D eigenvalue weighted by atomic mass is 10.1. The molecule has 1 unspecified atom stereocenters. The van der Waals surface area contributed by atoms with Crippen LogP contribution in [-0.2, 0) is 11.2 Å². The first kappa shape index (κ1) is 19.0. The fraction of sp³-hybridized carbons (Fsp3) is 0.250. The summed E-state index contributed by atoms with van der Waals surface area (Å²) in [7, 11) is 0. The van der Waals surface area contributed by atoms with Gasteiger partial charge in [-0.3, -0.25) is 9.59 Å². The Morgan fingerprint density at radius 3 is 2.67 bits per heavy atom. The fourth-order valence-electron chi connectivity index (χ4n) is 2.77. The zero-order chi connectivity index (χ0) is 19.2. The molecule has 0 fully saturated rings. The van der Waals surface area contributed by atoms with E-state index in [9.17, 15) is 9.59 Å². The summed E-state index contributed by atoms with van der Waals surface area (Å²) in [5, 5.41) is 3.76. The molecule has 0 saturated carbocycles. The third kappa shape index (κ3) is 4.89. The molecule has 2 aromatic carbocycles. The Morgan fingerprint density at radius 1 is 1.19 bits per heavy atom. The minimum Gasteiger partial charge on any atom is -0.353 e. The van der Waals surface area contributed by atoms with Crippen LogP contribution in [0.15, 0.2) is 64.5 Å². The topological polar surface area (TPSA) is 90.0 Å². The van der Waals surface area contributed by atoms with E-state index >= 15 is 0 Å². The number of benzene rings is 2. The smallest absolute Gasteiger partial charge is 0.280 e. The van der Waals surface area contributed by atoms with E-state index in [1.807, 2.05) is 31.2 Å². The maximum atomic E-state index is 12.3. The summed E-state index contributed by atoms with van der Waals surface area (Å²) in [5.74, 6) is 5.88. The van der Waals surface area contributed by atoms with Crippen LogP contribution >= 0.6 is 11.8 Å². The normalized spacial score (nSPS) is 12.0. The molecule has 3 aromatic rings. The molecule has 1 amide bonds. The average Bonchev–Trinajstić information content (AvgIpc) is 2.69. The standard InChI is InChI=1S/C20H22N4O2S/c1-14(11-12-15-7-3-2-4-8-15)22-18(25)13-27-20-23-17-10-6-5-9-16(17)19(26)24(20)21/h2-10,14H,11-13,21H2,1H3,(H,22,25). The van der Waals surface area contributed by atoms with Gasteiger partial charge >= 0.3 is 0 Å². The SMILES string of the molecule is CC(CCc1ccccc1)NC(=O)CSc1nc2ccccc2c(=O)n1N. The van der Waals surface area contributed by atoms with Crippen molar-refractivity contribution in [2.75, 3.05) is 11.6 Å². The van der Waals surface area contributed by atoms with Gasteiger partial charge in [0.1, 0.15) is 0 Å². The van der Waals surface area contributed by atoms with Crippen LogP contribution in [0.5, 0.6) is 0 Å². The molecule has 6 nitrogen and oxygen atoms in total. The van der Waals surface area contributed by atoms with Gasteiger partial charge in [0.25, 0.3) is 5.56 Å². The van der Waals surface area contributed by atoms with Gasteiger partial charge in [0.15, 0.2) is 5.16 Å². The van der Waals surface area contributed by atoms with Crippen LogP contribution in [0.3, 0.4) is 0 Å². The number of aromatic nitrogens is 2. The number of thioether (sulfide) groups is 1. The van der Waals surface area contributed by atoms with E-state index in [4.69, 9.17) is 5.84 Å². The maximum Gasteiger partial charge on any atom is 0.280 e. The number of nitrogens with one attached hydrogen (secondary N) is 1. The van der Waals surface area contributed by atoms with Crippen LogP contribution in [0.4, 0.5) is 0 Å². The second kappa shape index (κ2) is 8.73. The van der Waals surface area contributed by atoms with Gasteiger partial charge in [0.05, 0.1) is 16.7 Å². The quantitative estimate of drug-likeness (QED) is 0.372. The van der Waals surface area contributed by atoms with Gasteiger partial charge in [-0.1, -0.05) is 54.2 Å². The van der Waals surface area contributed by atoms with Crippen LogP contribution in [0, 0.1) is 0 Å². The number of nitrogen functional groups attached to an aromatic ring is 1. The Hall–Kier alpha value is -2.80. The lowest BCUT2D eigenvalue weighted by Gasteiger charge is -2.14. The second-order valence-electron chi connectivity index (χ2n) is 6.37. The highest BCUT2D eigenvalue weighted by atomic mass is 32.2. The summed E-state index contributed by atoms with van der Waals surface area (Å²) < 4.78 is 0.999. The molecule has 0 aliphatic carbocycles. The highest BCUT2D eigenvalue weighted by Gasteiger charge is 2.13. The van der Waals surface area contributed by atoms with Gasteiger partial charge in [0, 0.05) is 6.04 Å². The van der Waals surface area contributed by atoms with Crippen molar-refractivity contribution in [1.29, 1.82) is 0 Å². The largest absolute Gasteiger partial charge is 0.353 e. The van der Waals surface area contributed by atoms with Crippen LogP contribution in [-0.4, -0.2) is 27.4 Å². The van der Waals surface area contributed by atoms with Gasteiger partial charge in [-0.2, -0.15) is 0 Å². The third-order valence-electron chi connectivity index (χ3n) is 4.22. The number of hydrogen-bond donors (Lipinski definition) is 2. The average molecular weight is 382 g/mol. The van der Waals surface area contributed by atoms with E-state index in [-0.39, 0.29) is 23.3 Å². The summed E-state index contributed by atoms with van der Waals surface area (Å²) in [5.41, 5.74) is 1.50. The highest BCUT2D eigenvalue weighted by molar-refractivity contribution is 7.99. The lowest BCUT2D eigenvalue weighted by Crippen LogP contribution is -2.35. The van der Waals surface area contributed by atoms with Gasteiger partial charge in [-0.25, -0.2) is 9.66 Å². The molecule has 1 aromatic heterocycles. The van der Waals surface area contributed by atoms with Gasteiger partial charge in [0.2, 0.25) is 5.91 Å². The number of carbonyl (C=O) groups is 1. The van der Waals surface area contributed by atoms with Gasteiger partial charge in [-0.15, -0.1) is 0 Å². The Balaban J connectivity index is 1.55. The summed E-state index contributed by atoms with van der Waals surface area (Å²) >= 11 is 1.16. The molecular weight excluding hydrogens is 360 g/mol. The van der Waals surface area contributed by atoms with Crippen LogP contribution in [0.2, 0.25) is 0 Å². The first-order valence-corrected chi connectivity index (χ1v) is 9.76. The zero-order valence-electron chi connectivity index (χ0n) is 15.1. The summed E-state index contributed by atoms with van der Waals surface area (Å²) in [6.07, 6.45) is 1.76. The summed E-state index contributed by atoms with van der Waals surface area (Å²) in [4.78, 5) is 28.9. The lowest BCUT2D eigenvalue weighted by molar-refractivity contribution is -0.119. The number of nitrogens with zero attached hydrogens (tertiary/aromatic N) is 2. The minimum atomic E-state index is -0.320. The third-order valence-corrected chi connectivity index (χ3v) is 5.18. The van der Waals surface area contributed by atoms with Crippen molar-refractivity contribution in [3.63, 3.8) is 0 Å². The van der Waals surface area contributed by atoms with E-state index in [1.165, 1.54) is 5.56 Å². The highest BCUT2D eigenvalue weighted by Crippen LogP contribution is 2.16. The van der Waals surface area contributed by atoms with Crippen molar-refractivity contribution >= 4 is 28.6 Å². The van der Waals surface area contributed by atoms with Crippen molar-refractivity contribution < 1.29 is 4.79 Å². The first-order chi connectivity index (χ1) is 13.0. The van der Waals surface area contributed by atoms with Crippen molar-refractivity contribution in [3.05, 3.63) is 70.5 Å². The Bertz CT molecular complexity index is 988. The Kier molecular flexibility index (Phi) is 6.13. The van der Waals surface area contributed by atoms with Crippen LogP contribution < -0.4 is 16.7 Å². The molecule has 0 bridgehead atoms. The van der Waals surface area contributed by atoms with Crippen molar-refractivity contribution in [1.82, 2.24) is 15.0 Å². The maximum absolute atomic E-state index is 12.3. The second-order valence-corrected chi connectivity index (χ2v) is 7.31. The molecule has 27 heavy (non-hydrogen) atoms. The molecule has 0 radical (unpaired) electrons. The number of aryl methyl sites for hydroxylation is 1. The van der Waals surface area contributed by atoms with E-state index in [0.29, 0.717) is 16.1 Å². The number of carbonyl (C=O) groups excluding carboxylic acids is 1. The van der Waals surface area contributed by atoms with E-state index in [0.717, 1.165) is 29.3 Å². The molecule has 1 heterocycles. The van der Waals surface area contributed by atoms with E-state index in [2.05, 4.69) is 22.4 Å². The van der Waals surface area contributed by atoms with Crippen molar-refractivity contribution in [2.24, 2.45) is 0 Å². The molecule has 0 spiro atoms. The molecule has 0 saturated heterocycles. The number of rotatable bonds is 7. The van der Waals surface area contributed by atoms with Crippen LogP contribution in [0.25, 0.3) is 10.9 Å². The zero-order valence-corrected chi connectivity index (χ0v) is 15.9. The molecule has 0 aliphatic heterocycles. The van der Waals surface area contributed by atoms with Gasteiger partial charge in [-0.05, 0) is 37.5 Å². The number of nitrogens with two attached hydrogens (primary N) is 1. The molecule has 7 heteroatoms. The number of hydrogen-bond acceptors (Lipinski definition) is 5. The summed E-state index contributed by atoms with van der Waals surface area (Å²) in [6, 6.07) is 17.2. The predicted octanol–water partition coefficient (Wildman–Crippen LogP) is 2.34. The van der Waals surface area contributed by atoms with Gasteiger partial charge < -0.3 is 11.2 Å². The number of para-hydroxylation sites is 1. The molecular formula is C20H22N4O2S. The number of fused-ring (bicyclic) bond motifs is 1. The van der Waals surface area contributed by atoms with E-state index < -0.39 is 0 Å². The fourth-order valence-corrected chi connectivity index (χ4v) is 3.50. The minimum absolute atomic E-state index is 0.0583. The molecule has 3 N–H and O–H groups in total. The Morgan fingerprint density at radius 2 is 1.89 bits per heavy atom. The first-order valence-electron chi connectivity index (χ1n) is 8.77. The Labute approximate surface area is 161 Å². The molecule has 140 valence electrons. The van der Waals surface area contributed by atoms with Crippen molar-refractivity contribution in [2.45, 2.75) is 31.0 Å². The van der Waals surface area contributed by atoms with E-state index in [1.54, 1.807) is 18.2 Å². The molecule has 3 rings (SSSR count).